The molecular formula is C11H11NO4S. The van der Waals surface area contributed by atoms with Crippen LogP contribution in [-0.2, 0) is 4.74 Å². The molecule has 0 unspecified atom stereocenters. The Bertz CT molecular complexity index is 613. The number of hydrogen-bond donors (Lipinski definition) is 1. The number of carbonyl (C=O) groups excluding carboxylic acids is 1. The molecule has 0 amide bonds. The number of H-pyrrole nitrogens is 1. The van der Waals surface area contributed by atoms with E-state index in [4.69, 9.17) is 9.47 Å². The highest BCUT2D eigenvalue weighted by Crippen LogP contribution is 2.27. The average Bonchev–Trinajstić information content (AvgIpc) is 2.73. The number of nitrogens with one attached hydrogen (secondary N) is 1. The van der Waals surface area contributed by atoms with Gasteiger partial charge in [-0.2, -0.15) is 0 Å². The Kier molecular flexibility index (Phi) is 3.14. The van der Waals surface area contributed by atoms with Gasteiger partial charge in [-0.3, -0.25) is 4.79 Å². The highest BCUT2D eigenvalue weighted by Gasteiger charge is 2.16. The molecule has 2 aromatic heterocycles. The fourth-order valence-corrected chi connectivity index (χ4v) is 2.42. The minimum absolute atomic E-state index is 0.0175. The minimum Gasteiger partial charge on any atom is -0.494 e. The third-order valence-electron chi connectivity index (χ3n) is 2.28. The fourth-order valence-electron chi connectivity index (χ4n) is 1.49. The Morgan fingerprint density at radius 3 is 2.94 bits per heavy atom. The molecule has 0 saturated carbocycles. The molecule has 0 atom stereocenters. The minimum atomic E-state index is -0.608. The van der Waals surface area contributed by atoms with Gasteiger partial charge in [-0.15, -0.1) is 11.3 Å². The number of esters is 1. The largest absolute Gasteiger partial charge is 0.494 e. The first-order valence-electron chi connectivity index (χ1n) is 5.03. The number of aromatic nitrogens is 1. The lowest BCUT2D eigenvalue weighted by atomic mass is 10.2. The van der Waals surface area contributed by atoms with Crippen LogP contribution in [0.1, 0.15) is 17.3 Å². The van der Waals surface area contributed by atoms with Crippen molar-refractivity contribution in [2.24, 2.45) is 0 Å². The van der Waals surface area contributed by atoms with Gasteiger partial charge >= 0.3 is 5.97 Å². The average molecular weight is 253 g/mol. The van der Waals surface area contributed by atoms with E-state index in [1.54, 1.807) is 12.3 Å². The monoisotopic (exact) mass is 253 g/mol. The summed E-state index contributed by atoms with van der Waals surface area (Å²) in [5, 5.41) is 1.72. The molecule has 2 heterocycles. The van der Waals surface area contributed by atoms with Gasteiger partial charge in [-0.25, -0.2) is 4.79 Å². The summed E-state index contributed by atoms with van der Waals surface area (Å²) in [6.07, 6.45) is 1.36. The van der Waals surface area contributed by atoms with Crippen molar-refractivity contribution in [1.29, 1.82) is 0 Å². The van der Waals surface area contributed by atoms with Crippen LogP contribution in [0.2, 0.25) is 0 Å². The van der Waals surface area contributed by atoms with E-state index in [9.17, 15) is 9.59 Å². The summed E-state index contributed by atoms with van der Waals surface area (Å²) in [4.78, 5) is 26.4. The van der Waals surface area contributed by atoms with Gasteiger partial charge in [-0.05, 0) is 6.92 Å². The van der Waals surface area contributed by atoms with Gasteiger partial charge in [0, 0.05) is 11.6 Å². The van der Waals surface area contributed by atoms with Gasteiger partial charge in [-0.1, -0.05) is 0 Å². The van der Waals surface area contributed by atoms with Gasteiger partial charge in [0.2, 0.25) is 5.43 Å². The first-order chi connectivity index (χ1) is 8.19. The highest BCUT2D eigenvalue weighted by molar-refractivity contribution is 7.17. The van der Waals surface area contributed by atoms with E-state index in [1.807, 2.05) is 0 Å². The van der Waals surface area contributed by atoms with Crippen LogP contribution in [0.3, 0.4) is 0 Å². The maximum absolute atomic E-state index is 12.0. The van der Waals surface area contributed by atoms with Gasteiger partial charge in [0.05, 0.1) is 13.7 Å². The van der Waals surface area contributed by atoms with Gasteiger partial charge in [0.1, 0.15) is 15.8 Å². The lowest BCUT2D eigenvalue weighted by molar-refractivity contribution is 0.0524. The summed E-state index contributed by atoms with van der Waals surface area (Å²) >= 11 is 1.24. The zero-order chi connectivity index (χ0) is 12.4. The van der Waals surface area contributed by atoms with E-state index in [2.05, 4.69) is 4.98 Å². The maximum atomic E-state index is 12.0. The second kappa shape index (κ2) is 4.58. The van der Waals surface area contributed by atoms with Crippen molar-refractivity contribution >= 4 is 27.5 Å². The predicted octanol–water partition coefficient (Wildman–Crippen LogP) is 1.77. The number of rotatable bonds is 3. The molecule has 90 valence electrons. The molecule has 0 aliphatic heterocycles. The molecule has 0 aliphatic rings. The topological polar surface area (TPSA) is 68.4 Å². The Morgan fingerprint density at radius 2 is 2.29 bits per heavy atom. The van der Waals surface area contributed by atoms with E-state index >= 15 is 0 Å². The molecule has 0 aliphatic carbocycles. The number of fused-ring (bicyclic) bond motifs is 1. The number of hydrogen-bond acceptors (Lipinski definition) is 5. The summed E-state index contributed by atoms with van der Waals surface area (Å²) in [5.41, 5.74) is 0.296. The molecule has 0 saturated heterocycles. The molecule has 0 aromatic carbocycles. The molecule has 0 spiro atoms. The van der Waals surface area contributed by atoms with Crippen LogP contribution in [0, 0.1) is 0 Å². The quantitative estimate of drug-likeness (QED) is 0.846. The van der Waals surface area contributed by atoms with Gasteiger partial charge in [0.15, 0.2) is 5.75 Å². The van der Waals surface area contributed by atoms with Crippen molar-refractivity contribution in [1.82, 2.24) is 4.98 Å². The van der Waals surface area contributed by atoms with Crippen molar-refractivity contribution in [2.75, 3.05) is 13.7 Å². The Morgan fingerprint density at radius 1 is 1.53 bits per heavy atom. The van der Waals surface area contributed by atoms with Crippen LogP contribution < -0.4 is 10.2 Å². The molecule has 6 heteroatoms. The lowest BCUT2D eigenvalue weighted by Crippen LogP contribution is -2.17. The second-order valence-electron chi connectivity index (χ2n) is 3.26. The number of carbonyl (C=O) groups is 1. The van der Waals surface area contributed by atoms with E-state index < -0.39 is 5.97 Å². The van der Waals surface area contributed by atoms with Crippen LogP contribution in [0.4, 0.5) is 0 Å². The van der Waals surface area contributed by atoms with Crippen LogP contribution in [-0.4, -0.2) is 24.7 Å². The normalized spacial score (nSPS) is 10.5. The van der Waals surface area contributed by atoms with Crippen LogP contribution in [0.5, 0.6) is 5.75 Å². The molecular weight excluding hydrogens is 242 g/mol. The fraction of sp³-hybridized carbons (Fsp3) is 0.273. The summed E-state index contributed by atoms with van der Waals surface area (Å²) in [7, 11) is 1.53. The Labute approximate surface area is 101 Å². The van der Waals surface area contributed by atoms with Crippen molar-refractivity contribution in [3.8, 4) is 5.75 Å². The number of thiophene rings is 1. The van der Waals surface area contributed by atoms with E-state index in [0.717, 1.165) is 0 Å². The summed E-state index contributed by atoms with van der Waals surface area (Å²) in [6, 6.07) is 0. The highest BCUT2D eigenvalue weighted by atomic mass is 32.1. The third-order valence-corrected chi connectivity index (χ3v) is 3.24. The molecule has 17 heavy (non-hydrogen) atoms. The summed E-state index contributed by atoms with van der Waals surface area (Å²) in [5.74, 6) is -0.0134. The molecule has 2 rings (SSSR count). The molecule has 2 aromatic rings. The van der Waals surface area contributed by atoms with Gasteiger partial charge in [0.25, 0.3) is 0 Å². The number of ether oxygens (including phenoxy) is 2. The number of methoxy groups -OCH3 is 1. The van der Waals surface area contributed by atoms with Crippen molar-refractivity contribution < 1.29 is 14.3 Å². The van der Waals surface area contributed by atoms with Crippen molar-refractivity contribution in [2.45, 2.75) is 6.92 Å². The first kappa shape index (κ1) is 11.7. The smallest absolute Gasteiger partial charge is 0.343 e. The molecule has 1 N–H and O–H groups in total. The van der Waals surface area contributed by atoms with Crippen LogP contribution in [0.25, 0.3) is 10.2 Å². The Hall–Kier alpha value is -1.82. The maximum Gasteiger partial charge on any atom is 0.343 e. The zero-order valence-corrected chi connectivity index (χ0v) is 10.2. The molecule has 5 nitrogen and oxygen atoms in total. The first-order valence-corrected chi connectivity index (χ1v) is 5.91. The molecule has 0 bridgehead atoms. The summed E-state index contributed by atoms with van der Waals surface area (Å²) in [6.45, 7) is 1.93. The molecule has 0 radical (unpaired) electrons. The van der Waals surface area contributed by atoms with Crippen molar-refractivity contribution in [3.05, 3.63) is 27.4 Å². The second-order valence-corrected chi connectivity index (χ2v) is 4.14. The Balaban J connectivity index is 2.59. The zero-order valence-electron chi connectivity index (χ0n) is 9.40. The number of pyridine rings is 1. The number of aromatic amines is 1. The van der Waals surface area contributed by atoms with E-state index in [0.29, 0.717) is 16.0 Å². The van der Waals surface area contributed by atoms with Crippen LogP contribution in [0.15, 0.2) is 16.4 Å². The van der Waals surface area contributed by atoms with E-state index in [1.165, 1.54) is 24.6 Å². The van der Waals surface area contributed by atoms with Gasteiger partial charge < -0.3 is 14.5 Å². The molecule has 0 fully saturated rings. The lowest BCUT2D eigenvalue weighted by Gasteiger charge is -2.01. The predicted molar refractivity (Wildman–Crippen MR) is 65.0 cm³/mol. The SMILES string of the molecule is CCOC(=O)c1c[nH]c2c(OC)csc2c1=O. The van der Waals surface area contributed by atoms with E-state index in [-0.39, 0.29) is 17.6 Å². The standard InChI is InChI=1S/C11H11NO4S/c1-3-16-11(14)6-4-12-8-7(15-2)5-17-10(8)9(6)13/h4-5H,3H2,1-2H3,(H,12,13). The third kappa shape index (κ3) is 1.91. The van der Waals surface area contributed by atoms with Crippen LogP contribution >= 0.6 is 11.3 Å². The summed E-state index contributed by atoms with van der Waals surface area (Å²) < 4.78 is 10.4. The van der Waals surface area contributed by atoms with Crippen molar-refractivity contribution in [3.63, 3.8) is 0 Å².